The number of nitrogens with zero attached hydrogens (tertiary/aromatic N) is 1. The van der Waals surface area contributed by atoms with Gasteiger partial charge in [0.2, 0.25) is 0 Å². The summed E-state index contributed by atoms with van der Waals surface area (Å²) in [6, 6.07) is 5.22. The molecule has 0 aliphatic heterocycles. The molecular weight excluding hydrogens is 220 g/mol. The molecule has 2 N–H and O–H groups in total. The summed E-state index contributed by atoms with van der Waals surface area (Å²) in [4.78, 5) is 1.89. The summed E-state index contributed by atoms with van der Waals surface area (Å²) < 4.78 is 15.6. The Bertz CT molecular complexity index is 394. The summed E-state index contributed by atoms with van der Waals surface area (Å²) >= 11 is 4.41. The minimum atomic E-state index is -1.76. The van der Waals surface area contributed by atoms with E-state index in [0.29, 0.717) is 11.4 Å². The fourth-order valence-corrected chi connectivity index (χ4v) is 1.46. The lowest BCUT2D eigenvalue weighted by Gasteiger charge is -2.16. The zero-order valence-corrected chi connectivity index (χ0v) is 9.52. The van der Waals surface area contributed by atoms with Crippen molar-refractivity contribution in [2.24, 2.45) is 0 Å². The fourth-order valence-electron chi connectivity index (χ4n) is 0.947. The van der Waals surface area contributed by atoms with Crippen LogP contribution in [0, 0.1) is 0 Å². The van der Waals surface area contributed by atoms with Crippen LogP contribution in [0.25, 0.3) is 0 Å². The monoisotopic (exact) mass is 231 g/mol. The number of anilines is 2. The Hall–Kier alpha value is -1.01. The van der Waals surface area contributed by atoms with Gasteiger partial charge in [-0.05, 0) is 21.8 Å². The summed E-state index contributed by atoms with van der Waals surface area (Å²) in [6.07, 6.45) is 0. The highest BCUT2D eigenvalue weighted by Crippen LogP contribution is 2.26. The fraction of sp³-hybridized carbons (Fsp3) is 0.250. The van der Waals surface area contributed by atoms with E-state index in [9.17, 15) is 4.21 Å². The summed E-state index contributed by atoms with van der Waals surface area (Å²) in [5.41, 5.74) is 6.95. The van der Waals surface area contributed by atoms with E-state index in [-0.39, 0.29) is 0 Å². The molecule has 0 fully saturated rings. The van der Waals surface area contributed by atoms with Crippen molar-refractivity contribution in [1.82, 2.24) is 0 Å². The smallest absolute Gasteiger partial charge is 0.126 e. The summed E-state index contributed by atoms with van der Waals surface area (Å²) in [5.74, 6) is 0.351. The Morgan fingerprint density at radius 2 is 2.14 bits per heavy atom. The molecule has 1 aromatic rings. The SMILES string of the molecule is CN(C)c1ccc(N)c(O[S-](=O)=S)c1. The van der Waals surface area contributed by atoms with E-state index in [1.54, 1.807) is 12.1 Å². The van der Waals surface area contributed by atoms with Crippen LogP contribution in [0.5, 0.6) is 5.75 Å². The Morgan fingerprint density at radius 1 is 1.50 bits per heavy atom. The Labute approximate surface area is 89.6 Å². The lowest BCUT2D eigenvalue weighted by Crippen LogP contribution is -2.09. The summed E-state index contributed by atoms with van der Waals surface area (Å²) in [5, 5.41) is 0. The van der Waals surface area contributed by atoms with E-state index in [0.717, 1.165) is 5.69 Å². The molecule has 0 aliphatic carbocycles. The van der Waals surface area contributed by atoms with Crippen molar-refractivity contribution in [3.8, 4) is 5.75 Å². The summed E-state index contributed by atoms with van der Waals surface area (Å²) in [7, 11) is 2.01. The molecule has 4 nitrogen and oxygen atoms in total. The predicted octanol–water partition coefficient (Wildman–Crippen LogP) is 1.05. The number of hydrogen-bond donors (Lipinski definition) is 1. The van der Waals surface area contributed by atoms with E-state index in [1.807, 2.05) is 25.1 Å². The van der Waals surface area contributed by atoms with Crippen LogP contribution in [0.1, 0.15) is 0 Å². The molecule has 0 amide bonds. The average molecular weight is 231 g/mol. The second-order valence-electron chi connectivity index (χ2n) is 2.90. The van der Waals surface area contributed by atoms with Crippen LogP contribution in [0.3, 0.4) is 0 Å². The number of nitrogen functional groups attached to an aromatic ring is 1. The van der Waals surface area contributed by atoms with Gasteiger partial charge in [0, 0.05) is 25.8 Å². The van der Waals surface area contributed by atoms with Crippen LogP contribution in [-0.4, -0.2) is 14.1 Å². The zero-order valence-electron chi connectivity index (χ0n) is 7.89. The molecule has 1 rings (SSSR count). The van der Waals surface area contributed by atoms with Gasteiger partial charge in [-0.3, -0.25) is 0 Å². The standard InChI is InChI=1S/C8H11N2O2S2/c1-10(2)6-3-4-7(9)8(5-6)12-14(11)13/h3-5H,9H2,1-2H3/q-1. The zero-order chi connectivity index (χ0) is 10.7. The Morgan fingerprint density at radius 3 is 2.64 bits per heavy atom. The van der Waals surface area contributed by atoms with Crippen molar-refractivity contribution < 1.29 is 8.39 Å². The second-order valence-corrected chi connectivity index (χ2v) is 4.30. The quantitative estimate of drug-likeness (QED) is 0.622. The molecule has 6 heteroatoms. The minimum absolute atomic E-state index is 0.351. The van der Waals surface area contributed by atoms with Gasteiger partial charge in [-0.25, -0.2) is 0 Å². The molecule has 0 bridgehead atoms. The van der Waals surface area contributed by atoms with Crippen LogP contribution in [0.4, 0.5) is 11.4 Å². The Balaban J connectivity index is 3.08. The van der Waals surface area contributed by atoms with E-state index < -0.39 is 9.64 Å². The van der Waals surface area contributed by atoms with E-state index >= 15 is 0 Å². The molecule has 0 unspecified atom stereocenters. The predicted molar refractivity (Wildman–Crippen MR) is 61.2 cm³/mol. The van der Waals surface area contributed by atoms with Gasteiger partial charge in [0.15, 0.2) is 0 Å². The van der Waals surface area contributed by atoms with Gasteiger partial charge in [0.05, 0.1) is 5.69 Å². The van der Waals surface area contributed by atoms with E-state index in [2.05, 4.69) is 11.2 Å². The van der Waals surface area contributed by atoms with Crippen LogP contribution in [0.2, 0.25) is 0 Å². The Kier molecular flexibility index (Phi) is 3.54. The van der Waals surface area contributed by atoms with Crippen molar-refractivity contribution in [3.63, 3.8) is 0 Å². The maximum absolute atomic E-state index is 10.7. The van der Waals surface area contributed by atoms with Gasteiger partial charge in [-0.1, -0.05) is 0 Å². The molecule has 0 aliphatic rings. The largest absolute Gasteiger partial charge is 0.550 e. The van der Waals surface area contributed by atoms with Gasteiger partial charge in [-0.2, -0.15) is 11.2 Å². The number of hydrogen-bond acceptors (Lipinski definition) is 6. The van der Waals surface area contributed by atoms with Crippen molar-refractivity contribution in [2.75, 3.05) is 24.7 Å². The average Bonchev–Trinajstić information content (AvgIpc) is 2.07. The minimum Gasteiger partial charge on any atom is -0.550 e. The van der Waals surface area contributed by atoms with Crippen LogP contribution in [0.15, 0.2) is 18.2 Å². The topological polar surface area (TPSA) is 55.6 Å². The number of benzene rings is 1. The van der Waals surface area contributed by atoms with Crippen molar-refractivity contribution >= 4 is 32.2 Å². The number of rotatable bonds is 3. The first-order valence-electron chi connectivity index (χ1n) is 3.85. The van der Waals surface area contributed by atoms with E-state index in [4.69, 9.17) is 9.92 Å². The first-order valence-corrected chi connectivity index (χ1v) is 5.85. The molecule has 14 heavy (non-hydrogen) atoms. The molecule has 0 radical (unpaired) electrons. The normalized spacial score (nSPS) is 10.2. The maximum atomic E-state index is 10.7. The third kappa shape index (κ3) is 2.74. The molecule has 0 saturated carbocycles. The third-order valence-corrected chi connectivity index (χ3v) is 2.19. The van der Waals surface area contributed by atoms with Crippen molar-refractivity contribution in [1.29, 1.82) is 0 Å². The molecule has 0 atom stereocenters. The van der Waals surface area contributed by atoms with Crippen LogP contribution < -0.4 is 14.8 Å². The van der Waals surface area contributed by atoms with Crippen LogP contribution in [-0.2, 0) is 25.0 Å². The maximum Gasteiger partial charge on any atom is 0.126 e. The lowest BCUT2D eigenvalue weighted by molar-refractivity contribution is 0.537. The number of nitrogens with two attached hydrogens (primary N) is 1. The molecular formula is C8H11N2O2S2-. The van der Waals surface area contributed by atoms with E-state index in [1.165, 1.54) is 0 Å². The first-order chi connectivity index (χ1) is 6.50. The molecule has 0 saturated heterocycles. The highest BCUT2D eigenvalue weighted by Gasteiger charge is 2.01. The molecule has 0 heterocycles. The van der Waals surface area contributed by atoms with Gasteiger partial charge in [0.1, 0.15) is 5.75 Å². The van der Waals surface area contributed by atoms with Gasteiger partial charge in [-0.15, -0.1) is 0 Å². The third-order valence-electron chi connectivity index (χ3n) is 1.67. The van der Waals surface area contributed by atoms with Crippen LogP contribution >= 0.6 is 0 Å². The highest BCUT2D eigenvalue weighted by molar-refractivity contribution is 8.19. The second kappa shape index (κ2) is 4.47. The van der Waals surface area contributed by atoms with Gasteiger partial charge in [0.25, 0.3) is 0 Å². The van der Waals surface area contributed by atoms with Gasteiger partial charge >= 0.3 is 0 Å². The molecule has 78 valence electrons. The molecule has 1 aromatic carbocycles. The summed E-state index contributed by atoms with van der Waals surface area (Å²) in [6.45, 7) is 0. The van der Waals surface area contributed by atoms with Crippen molar-refractivity contribution in [2.45, 2.75) is 0 Å². The molecule has 0 spiro atoms. The first kappa shape index (κ1) is 11.1. The van der Waals surface area contributed by atoms with Gasteiger partial charge < -0.3 is 19.0 Å². The molecule has 0 aromatic heterocycles. The lowest BCUT2D eigenvalue weighted by atomic mass is 10.2. The van der Waals surface area contributed by atoms with Crippen molar-refractivity contribution in [3.05, 3.63) is 18.2 Å². The highest BCUT2D eigenvalue weighted by atomic mass is 32.8.